The summed E-state index contributed by atoms with van der Waals surface area (Å²) >= 11 is 1.93. The first-order valence-corrected chi connectivity index (χ1v) is 10.7. The summed E-state index contributed by atoms with van der Waals surface area (Å²) in [5.41, 5.74) is 2.29. The highest BCUT2D eigenvalue weighted by Crippen LogP contribution is 2.19. The van der Waals surface area contributed by atoms with Gasteiger partial charge in [0.2, 0.25) is 5.91 Å². The molecule has 1 atom stereocenters. The SMILES string of the molecule is O=C(CC1COCCN1Cc1cccc(-n2cccn2)c1)N1CCSCC1. The second kappa shape index (κ2) is 8.91. The summed E-state index contributed by atoms with van der Waals surface area (Å²) in [4.78, 5) is 17.1. The maximum Gasteiger partial charge on any atom is 0.224 e. The summed E-state index contributed by atoms with van der Waals surface area (Å²) in [6.45, 7) is 4.80. The first kappa shape index (κ1) is 18.5. The molecule has 1 amide bonds. The van der Waals surface area contributed by atoms with E-state index < -0.39 is 0 Å². The predicted octanol–water partition coefficient (Wildman–Crippen LogP) is 2.04. The first-order valence-electron chi connectivity index (χ1n) is 9.56. The Morgan fingerprint density at radius 3 is 2.93 bits per heavy atom. The summed E-state index contributed by atoms with van der Waals surface area (Å²) in [7, 11) is 0. The molecular weight excluding hydrogens is 360 g/mol. The van der Waals surface area contributed by atoms with E-state index in [1.165, 1.54) is 5.56 Å². The molecule has 2 aliphatic rings. The fourth-order valence-corrected chi connectivity index (χ4v) is 4.59. The lowest BCUT2D eigenvalue weighted by Crippen LogP contribution is -2.48. The quantitative estimate of drug-likeness (QED) is 0.787. The second-order valence-corrected chi connectivity index (χ2v) is 8.24. The predicted molar refractivity (Wildman–Crippen MR) is 107 cm³/mol. The van der Waals surface area contributed by atoms with Gasteiger partial charge < -0.3 is 9.64 Å². The fraction of sp³-hybridized carbons (Fsp3) is 0.500. The molecule has 1 aromatic heterocycles. The second-order valence-electron chi connectivity index (χ2n) is 7.02. The van der Waals surface area contributed by atoms with E-state index in [9.17, 15) is 4.79 Å². The molecule has 6 nitrogen and oxygen atoms in total. The summed E-state index contributed by atoms with van der Waals surface area (Å²) < 4.78 is 7.56. The molecule has 27 heavy (non-hydrogen) atoms. The molecule has 7 heteroatoms. The van der Waals surface area contributed by atoms with Crippen molar-refractivity contribution in [2.24, 2.45) is 0 Å². The molecular formula is C20H26N4O2S. The summed E-state index contributed by atoms with van der Waals surface area (Å²) in [6.07, 6.45) is 4.28. The van der Waals surface area contributed by atoms with Crippen LogP contribution in [0.15, 0.2) is 42.7 Å². The minimum absolute atomic E-state index is 0.147. The van der Waals surface area contributed by atoms with Crippen LogP contribution in [0.5, 0.6) is 0 Å². The lowest BCUT2D eigenvalue weighted by molar-refractivity contribution is -0.134. The molecule has 0 radical (unpaired) electrons. The van der Waals surface area contributed by atoms with Crippen molar-refractivity contribution in [3.8, 4) is 5.69 Å². The van der Waals surface area contributed by atoms with Crippen LogP contribution in [0.1, 0.15) is 12.0 Å². The highest BCUT2D eigenvalue weighted by molar-refractivity contribution is 7.99. The average Bonchev–Trinajstić information content (AvgIpc) is 3.25. The van der Waals surface area contributed by atoms with Gasteiger partial charge in [-0.25, -0.2) is 4.68 Å². The summed E-state index contributed by atoms with van der Waals surface area (Å²) in [5.74, 6) is 2.37. The van der Waals surface area contributed by atoms with E-state index in [4.69, 9.17) is 4.74 Å². The minimum atomic E-state index is 0.147. The van der Waals surface area contributed by atoms with Crippen molar-refractivity contribution in [3.05, 3.63) is 48.3 Å². The topological polar surface area (TPSA) is 50.6 Å². The van der Waals surface area contributed by atoms with Crippen molar-refractivity contribution in [1.29, 1.82) is 0 Å². The lowest BCUT2D eigenvalue weighted by Gasteiger charge is -2.37. The van der Waals surface area contributed by atoms with Crippen LogP contribution in [-0.2, 0) is 16.1 Å². The van der Waals surface area contributed by atoms with Crippen LogP contribution in [0.3, 0.4) is 0 Å². The Morgan fingerprint density at radius 1 is 1.22 bits per heavy atom. The standard InChI is InChI=1S/C20H26N4O2S/c25-20(22-8-11-27-12-9-22)14-19-16-26-10-7-23(19)15-17-3-1-4-18(13-17)24-6-2-5-21-24/h1-6,13,19H,7-12,14-16H2. The van der Waals surface area contributed by atoms with Gasteiger partial charge >= 0.3 is 0 Å². The number of carbonyl (C=O) groups excluding carboxylic acids is 1. The van der Waals surface area contributed by atoms with Gasteiger partial charge in [0.1, 0.15) is 0 Å². The zero-order chi connectivity index (χ0) is 18.5. The van der Waals surface area contributed by atoms with Crippen molar-refractivity contribution in [3.63, 3.8) is 0 Å². The fourth-order valence-electron chi connectivity index (χ4n) is 3.68. The number of rotatable bonds is 5. The van der Waals surface area contributed by atoms with Crippen LogP contribution in [0.4, 0.5) is 0 Å². The minimum Gasteiger partial charge on any atom is -0.378 e. The molecule has 0 spiro atoms. The average molecular weight is 387 g/mol. The highest BCUT2D eigenvalue weighted by atomic mass is 32.2. The normalized spacial score (nSPS) is 21.3. The summed E-state index contributed by atoms with van der Waals surface area (Å²) in [5, 5.41) is 4.31. The van der Waals surface area contributed by atoms with Crippen LogP contribution in [0, 0.1) is 0 Å². The summed E-state index contributed by atoms with van der Waals surface area (Å²) in [6, 6.07) is 10.5. The van der Waals surface area contributed by atoms with Gasteiger partial charge in [0.25, 0.3) is 0 Å². The van der Waals surface area contributed by atoms with Crippen LogP contribution in [0.2, 0.25) is 0 Å². The van der Waals surface area contributed by atoms with Gasteiger partial charge in [0.05, 0.1) is 18.9 Å². The molecule has 2 aliphatic heterocycles. The molecule has 3 heterocycles. The van der Waals surface area contributed by atoms with Crippen LogP contribution >= 0.6 is 11.8 Å². The van der Waals surface area contributed by atoms with Crippen molar-refractivity contribution >= 4 is 17.7 Å². The third-order valence-electron chi connectivity index (χ3n) is 5.19. The number of carbonyl (C=O) groups is 1. The molecule has 1 aromatic carbocycles. The number of hydrogen-bond acceptors (Lipinski definition) is 5. The number of nitrogens with zero attached hydrogens (tertiary/aromatic N) is 4. The van der Waals surface area contributed by atoms with Crippen LogP contribution in [-0.4, -0.2) is 75.9 Å². The molecule has 0 aliphatic carbocycles. The first-order chi connectivity index (χ1) is 13.3. The van der Waals surface area contributed by atoms with E-state index in [2.05, 4.69) is 34.3 Å². The maximum absolute atomic E-state index is 12.7. The zero-order valence-corrected chi connectivity index (χ0v) is 16.3. The van der Waals surface area contributed by atoms with E-state index >= 15 is 0 Å². The van der Waals surface area contributed by atoms with Gasteiger partial charge in [-0.3, -0.25) is 9.69 Å². The Kier molecular flexibility index (Phi) is 6.11. The number of morpholine rings is 1. The Hall–Kier alpha value is -1.83. The molecule has 2 aromatic rings. The van der Waals surface area contributed by atoms with Gasteiger partial charge in [-0.1, -0.05) is 12.1 Å². The maximum atomic E-state index is 12.7. The van der Waals surface area contributed by atoms with Crippen LogP contribution < -0.4 is 0 Å². The third-order valence-corrected chi connectivity index (χ3v) is 6.13. The zero-order valence-electron chi connectivity index (χ0n) is 15.5. The smallest absolute Gasteiger partial charge is 0.224 e. The molecule has 2 saturated heterocycles. The van der Waals surface area contributed by atoms with Gasteiger partial charge in [-0.2, -0.15) is 16.9 Å². The number of ether oxygens (including phenoxy) is 1. The van der Waals surface area contributed by atoms with Crippen LogP contribution in [0.25, 0.3) is 5.69 Å². The third kappa shape index (κ3) is 4.72. The number of thioether (sulfide) groups is 1. The Balaban J connectivity index is 1.42. The van der Waals surface area contributed by atoms with Crippen molar-refractivity contribution in [2.75, 3.05) is 44.4 Å². The number of benzene rings is 1. The van der Waals surface area contributed by atoms with Crippen molar-refractivity contribution in [1.82, 2.24) is 19.6 Å². The molecule has 1 unspecified atom stereocenters. The number of aromatic nitrogens is 2. The van der Waals surface area contributed by atoms with Gasteiger partial charge in [-0.05, 0) is 23.8 Å². The van der Waals surface area contributed by atoms with Gasteiger partial charge in [0, 0.05) is 62.5 Å². The van der Waals surface area contributed by atoms with E-state index in [0.717, 1.165) is 50.0 Å². The number of amides is 1. The van der Waals surface area contributed by atoms with Gasteiger partial charge in [0.15, 0.2) is 0 Å². The monoisotopic (exact) mass is 386 g/mol. The molecule has 4 rings (SSSR count). The molecule has 2 fully saturated rings. The van der Waals surface area contributed by atoms with E-state index in [-0.39, 0.29) is 11.9 Å². The van der Waals surface area contributed by atoms with E-state index in [1.54, 1.807) is 6.20 Å². The highest BCUT2D eigenvalue weighted by Gasteiger charge is 2.28. The molecule has 0 saturated carbocycles. The number of hydrogen-bond donors (Lipinski definition) is 0. The lowest BCUT2D eigenvalue weighted by atomic mass is 10.1. The van der Waals surface area contributed by atoms with E-state index in [0.29, 0.717) is 13.0 Å². The van der Waals surface area contributed by atoms with Gasteiger partial charge in [-0.15, -0.1) is 0 Å². The molecule has 144 valence electrons. The Morgan fingerprint density at radius 2 is 2.11 bits per heavy atom. The Bertz CT molecular complexity index is 746. The van der Waals surface area contributed by atoms with E-state index in [1.807, 2.05) is 33.6 Å². The molecule has 0 bridgehead atoms. The van der Waals surface area contributed by atoms with Crippen molar-refractivity contribution in [2.45, 2.75) is 19.0 Å². The van der Waals surface area contributed by atoms with Crippen molar-refractivity contribution < 1.29 is 9.53 Å². The Labute approximate surface area is 164 Å². The largest absolute Gasteiger partial charge is 0.378 e. The molecule has 0 N–H and O–H groups in total.